The molecule has 146 valence electrons. The van der Waals surface area contributed by atoms with Crippen LogP contribution in [0.25, 0.3) is 0 Å². The van der Waals surface area contributed by atoms with Gasteiger partial charge in [0.05, 0.1) is 0 Å². The standard InChI is InChI=1S/C20H24N6O2/c27-19-7-6-16(23-19)20(28)24-17-12-18(22-14-21-17)26-10-8-25(9-11-26)13-15-4-2-1-3-5-15/h1-5,12,14,16H,6-11,13H2,(H,23,27)(H,21,22,24,28). The quantitative estimate of drug-likeness (QED) is 0.805. The van der Waals surface area contributed by atoms with E-state index >= 15 is 0 Å². The molecule has 0 aliphatic carbocycles. The number of carbonyl (C=O) groups excluding carboxylic acids is 2. The number of piperazine rings is 1. The summed E-state index contributed by atoms with van der Waals surface area (Å²) in [6, 6.07) is 11.8. The van der Waals surface area contributed by atoms with E-state index in [1.807, 2.05) is 6.07 Å². The highest BCUT2D eigenvalue weighted by Crippen LogP contribution is 2.18. The van der Waals surface area contributed by atoms with E-state index in [1.54, 1.807) is 6.07 Å². The van der Waals surface area contributed by atoms with Crippen LogP contribution in [-0.2, 0) is 16.1 Å². The first-order chi connectivity index (χ1) is 13.7. The lowest BCUT2D eigenvalue weighted by atomic mass is 10.2. The van der Waals surface area contributed by atoms with Gasteiger partial charge in [-0.15, -0.1) is 0 Å². The molecular weight excluding hydrogens is 356 g/mol. The number of hydrogen-bond acceptors (Lipinski definition) is 6. The molecule has 2 aliphatic rings. The minimum atomic E-state index is -0.479. The number of nitrogens with one attached hydrogen (secondary N) is 2. The molecule has 8 heteroatoms. The van der Waals surface area contributed by atoms with Gasteiger partial charge >= 0.3 is 0 Å². The average molecular weight is 380 g/mol. The molecule has 2 fully saturated rings. The second kappa shape index (κ2) is 8.35. The van der Waals surface area contributed by atoms with Gasteiger partial charge in [0.15, 0.2) is 0 Å². The van der Waals surface area contributed by atoms with Crippen molar-refractivity contribution < 1.29 is 9.59 Å². The van der Waals surface area contributed by atoms with Gasteiger partial charge in [-0.05, 0) is 12.0 Å². The summed E-state index contributed by atoms with van der Waals surface area (Å²) >= 11 is 0. The molecule has 2 aromatic rings. The second-order valence-electron chi connectivity index (χ2n) is 7.16. The third-order valence-electron chi connectivity index (χ3n) is 5.16. The normalized spacial score (nSPS) is 20.1. The Bertz CT molecular complexity index is 836. The number of amides is 2. The van der Waals surface area contributed by atoms with Crippen molar-refractivity contribution >= 4 is 23.5 Å². The molecule has 0 radical (unpaired) electrons. The van der Waals surface area contributed by atoms with Crippen LogP contribution in [0.5, 0.6) is 0 Å². The summed E-state index contributed by atoms with van der Waals surface area (Å²) in [4.78, 5) is 36.7. The molecule has 3 heterocycles. The van der Waals surface area contributed by atoms with Crippen LogP contribution in [0, 0.1) is 0 Å². The summed E-state index contributed by atoms with van der Waals surface area (Å²) < 4.78 is 0. The number of aromatic nitrogens is 2. The van der Waals surface area contributed by atoms with Crippen LogP contribution >= 0.6 is 0 Å². The first-order valence-corrected chi connectivity index (χ1v) is 9.61. The van der Waals surface area contributed by atoms with Crippen LogP contribution in [-0.4, -0.2) is 58.9 Å². The molecule has 0 spiro atoms. The Balaban J connectivity index is 1.32. The van der Waals surface area contributed by atoms with Crippen LogP contribution in [0.15, 0.2) is 42.7 Å². The zero-order chi connectivity index (χ0) is 19.3. The number of nitrogens with zero attached hydrogens (tertiary/aromatic N) is 4. The number of carbonyl (C=O) groups is 2. The fourth-order valence-corrected chi connectivity index (χ4v) is 3.59. The third kappa shape index (κ3) is 4.45. The fourth-order valence-electron chi connectivity index (χ4n) is 3.59. The highest BCUT2D eigenvalue weighted by Gasteiger charge is 2.27. The summed E-state index contributed by atoms with van der Waals surface area (Å²) in [5.41, 5.74) is 1.32. The van der Waals surface area contributed by atoms with Crippen LogP contribution in [0.4, 0.5) is 11.6 Å². The van der Waals surface area contributed by atoms with Gasteiger partial charge in [-0.25, -0.2) is 9.97 Å². The van der Waals surface area contributed by atoms with E-state index < -0.39 is 6.04 Å². The van der Waals surface area contributed by atoms with Gasteiger partial charge in [-0.3, -0.25) is 14.5 Å². The lowest BCUT2D eigenvalue weighted by molar-refractivity contribution is -0.122. The van der Waals surface area contributed by atoms with Crippen LogP contribution in [0.3, 0.4) is 0 Å². The number of rotatable bonds is 5. The first kappa shape index (κ1) is 18.4. The Hall–Kier alpha value is -3.00. The highest BCUT2D eigenvalue weighted by molar-refractivity contribution is 5.98. The molecule has 1 aromatic heterocycles. The van der Waals surface area contributed by atoms with Gasteiger partial charge in [0.2, 0.25) is 11.8 Å². The predicted octanol–water partition coefficient (Wildman–Crippen LogP) is 1.02. The van der Waals surface area contributed by atoms with Gasteiger partial charge in [0.25, 0.3) is 0 Å². The molecule has 1 aromatic carbocycles. The lowest BCUT2D eigenvalue weighted by Gasteiger charge is -2.35. The first-order valence-electron chi connectivity index (χ1n) is 9.61. The summed E-state index contributed by atoms with van der Waals surface area (Å²) in [6.07, 6.45) is 2.38. The van der Waals surface area contributed by atoms with Crippen molar-refractivity contribution in [2.45, 2.75) is 25.4 Å². The van der Waals surface area contributed by atoms with E-state index in [-0.39, 0.29) is 11.8 Å². The Kier molecular flexibility index (Phi) is 5.48. The van der Waals surface area contributed by atoms with E-state index in [9.17, 15) is 9.59 Å². The second-order valence-corrected chi connectivity index (χ2v) is 7.16. The van der Waals surface area contributed by atoms with Crippen LogP contribution < -0.4 is 15.5 Å². The Morgan fingerprint density at radius 2 is 1.93 bits per heavy atom. The topological polar surface area (TPSA) is 90.5 Å². The van der Waals surface area contributed by atoms with Crippen molar-refractivity contribution in [3.63, 3.8) is 0 Å². The molecular formula is C20H24N6O2. The monoisotopic (exact) mass is 380 g/mol. The number of hydrogen-bond donors (Lipinski definition) is 2. The Labute approximate surface area is 164 Å². The summed E-state index contributed by atoms with van der Waals surface area (Å²) in [5, 5.41) is 5.45. The highest BCUT2D eigenvalue weighted by atomic mass is 16.2. The molecule has 0 bridgehead atoms. The van der Waals surface area contributed by atoms with Crippen molar-refractivity contribution in [3.05, 3.63) is 48.3 Å². The minimum absolute atomic E-state index is 0.0862. The molecule has 2 aliphatic heterocycles. The average Bonchev–Trinajstić information content (AvgIpc) is 3.16. The number of benzene rings is 1. The third-order valence-corrected chi connectivity index (χ3v) is 5.16. The minimum Gasteiger partial charge on any atom is -0.354 e. The van der Waals surface area contributed by atoms with Crippen molar-refractivity contribution in [2.75, 3.05) is 36.4 Å². The van der Waals surface area contributed by atoms with Gasteiger partial charge in [0, 0.05) is 45.2 Å². The zero-order valence-electron chi connectivity index (χ0n) is 15.7. The zero-order valence-corrected chi connectivity index (χ0v) is 15.7. The Morgan fingerprint density at radius 1 is 1.14 bits per heavy atom. The molecule has 2 amide bonds. The van der Waals surface area contributed by atoms with Gasteiger partial charge in [-0.1, -0.05) is 30.3 Å². The van der Waals surface area contributed by atoms with Crippen molar-refractivity contribution in [1.82, 2.24) is 20.2 Å². The molecule has 4 rings (SSSR count). The van der Waals surface area contributed by atoms with E-state index in [4.69, 9.17) is 0 Å². The van der Waals surface area contributed by atoms with E-state index in [0.717, 1.165) is 38.5 Å². The van der Waals surface area contributed by atoms with Crippen LogP contribution in [0.1, 0.15) is 18.4 Å². The molecule has 0 saturated carbocycles. The smallest absolute Gasteiger partial charge is 0.248 e. The van der Waals surface area contributed by atoms with E-state index in [1.165, 1.54) is 11.9 Å². The predicted molar refractivity (Wildman–Crippen MR) is 106 cm³/mol. The summed E-state index contributed by atoms with van der Waals surface area (Å²) in [6.45, 7) is 4.60. The molecule has 1 atom stereocenters. The Morgan fingerprint density at radius 3 is 2.64 bits per heavy atom. The molecule has 2 N–H and O–H groups in total. The van der Waals surface area contributed by atoms with Crippen molar-refractivity contribution in [1.29, 1.82) is 0 Å². The van der Waals surface area contributed by atoms with Crippen LogP contribution in [0.2, 0.25) is 0 Å². The van der Waals surface area contributed by atoms with Crippen molar-refractivity contribution in [2.24, 2.45) is 0 Å². The number of anilines is 2. The van der Waals surface area contributed by atoms with Gasteiger partial charge in [0.1, 0.15) is 24.0 Å². The van der Waals surface area contributed by atoms with E-state index in [0.29, 0.717) is 18.7 Å². The largest absolute Gasteiger partial charge is 0.354 e. The molecule has 1 unspecified atom stereocenters. The molecule has 2 saturated heterocycles. The maximum Gasteiger partial charge on any atom is 0.248 e. The maximum atomic E-state index is 12.3. The summed E-state index contributed by atoms with van der Waals surface area (Å²) in [5.74, 6) is 0.947. The summed E-state index contributed by atoms with van der Waals surface area (Å²) in [7, 11) is 0. The van der Waals surface area contributed by atoms with Gasteiger partial charge in [-0.2, -0.15) is 0 Å². The molecule has 28 heavy (non-hydrogen) atoms. The SMILES string of the molecule is O=C1CCC(C(=O)Nc2cc(N3CCN(Cc4ccccc4)CC3)ncn2)N1. The van der Waals surface area contributed by atoms with Gasteiger partial charge < -0.3 is 15.5 Å². The van der Waals surface area contributed by atoms with Crippen molar-refractivity contribution in [3.8, 4) is 0 Å². The molecule has 8 nitrogen and oxygen atoms in total. The fraction of sp³-hybridized carbons (Fsp3) is 0.400. The maximum absolute atomic E-state index is 12.3. The van der Waals surface area contributed by atoms with E-state index in [2.05, 4.69) is 54.7 Å². The lowest BCUT2D eigenvalue weighted by Crippen LogP contribution is -2.46.